The molecule has 4 aliphatic rings. The van der Waals surface area contributed by atoms with E-state index in [0.29, 0.717) is 24.1 Å². The van der Waals surface area contributed by atoms with E-state index >= 15 is 0 Å². The van der Waals surface area contributed by atoms with Crippen molar-refractivity contribution in [3.05, 3.63) is 40.5 Å². The quantitative estimate of drug-likeness (QED) is 0.352. The lowest BCUT2D eigenvalue weighted by atomic mass is 9.52. The normalized spacial score (nSPS) is 32.7. The second kappa shape index (κ2) is 9.76. The van der Waals surface area contributed by atoms with Crippen molar-refractivity contribution in [2.75, 3.05) is 27.2 Å². The van der Waals surface area contributed by atoms with Crippen LogP contribution < -0.4 is 5.73 Å². The van der Waals surface area contributed by atoms with Crippen molar-refractivity contribution in [3.63, 3.8) is 0 Å². The zero-order chi connectivity index (χ0) is 28.4. The van der Waals surface area contributed by atoms with Crippen LogP contribution in [0.4, 0.5) is 0 Å². The number of fused-ring (bicyclic) bond motifs is 3. The Hall–Kier alpha value is -3.21. The molecule has 3 aliphatic carbocycles. The average Bonchev–Trinajstić information content (AvgIpc) is 2.88. The molecule has 1 heterocycles. The molecule has 2 saturated carbocycles. The fourth-order valence-electron chi connectivity index (χ4n) is 7.32. The Balaban J connectivity index is 1.60. The molecule has 0 aromatic heterocycles. The molecule has 10 nitrogen and oxygen atoms in total. The number of primary amides is 1. The summed E-state index contributed by atoms with van der Waals surface area (Å²) in [6, 6.07) is 0.820. The van der Waals surface area contributed by atoms with Gasteiger partial charge in [0.1, 0.15) is 5.75 Å². The van der Waals surface area contributed by atoms with Crippen LogP contribution in [-0.2, 0) is 38.6 Å². The smallest absolute Gasteiger partial charge is 0.235 e. The number of nitrogens with two attached hydrogens (primary N) is 1. The largest absolute Gasteiger partial charge is 0.507 e. The Kier molecular flexibility index (Phi) is 6.85. The van der Waals surface area contributed by atoms with Gasteiger partial charge in [-0.1, -0.05) is 25.1 Å². The molecule has 6 atom stereocenters. The number of aliphatic hydroxyl groups is 1. The predicted octanol–water partition coefficient (Wildman–Crippen LogP) is 0.191. The number of benzene rings is 1. The Morgan fingerprint density at radius 1 is 1.15 bits per heavy atom. The maximum Gasteiger partial charge on any atom is 0.235 e. The monoisotopic (exact) mass is 537 g/mol. The number of likely N-dealkylation sites (N-methyl/N-ethyl adjacent to an activating group) is 1. The Morgan fingerprint density at radius 2 is 1.87 bits per heavy atom. The van der Waals surface area contributed by atoms with E-state index in [1.54, 1.807) is 14.1 Å². The van der Waals surface area contributed by atoms with Crippen molar-refractivity contribution in [1.29, 1.82) is 0 Å². The van der Waals surface area contributed by atoms with Gasteiger partial charge >= 0.3 is 0 Å². The van der Waals surface area contributed by atoms with Crippen molar-refractivity contribution in [1.82, 2.24) is 9.80 Å². The highest BCUT2D eigenvalue weighted by atomic mass is 16.3. The minimum atomic E-state index is -2.71. The summed E-state index contributed by atoms with van der Waals surface area (Å²) in [5.74, 6) is -10.1. The number of aromatic hydroxyl groups is 1. The highest BCUT2D eigenvalue weighted by Crippen LogP contribution is 2.51. The molecule has 2 fully saturated rings. The lowest BCUT2D eigenvalue weighted by Crippen LogP contribution is -2.74. The van der Waals surface area contributed by atoms with Crippen molar-refractivity contribution in [2.45, 2.75) is 50.8 Å². The van der Waals surface area contributed by atoms with E-state index in [9.17, 15) is 34.2 Å². The van der Waals surface area contributed by atoms with Crippen molar-refractivity contribution < 1.29 is 34.2 Å². The molecule has 0 bridgehead atoms. The second-order valence-electron chi connectivity index (χ2n) is 11.5. The molecular weight excluding hydrogens is 502 g/mol. The lowest BCUT2D eigenvalue weighted by molar-refractivity contribution is -0.181. The van der Waals surface area contributed by atoms with Gasteiger partial charge < -0.3 is 15.9 Å². The van der Waals surface area contributed by atoms with E-state index in [-0.39, 0.29) is 24.2 Å². The molecule has 0 saturated heterocycles. The zero-order valence-electron chi connectivity index (χ0n) is 22.5. The molecule has 1 aliphatic heterocycles. The zero-order valence-corrected chi connectivity index (χ0v) is 22.5. The van der Waals surface area contributed by atoms with E-state index in [1.165, 1.54) is 4.90 Å². The first-order chi connectivity index (χ1) is 18.4. The topological polar surface area (TPSA) is 158 Å². The molecule has 0 spiro atoms. The van der Waals surface area contributed by atoms with Gasteiger partial charge in [-0.15, -0.1) is 0 Å². The van der Waals surface area contributed by atoms with Crippen LogP contribution in [0.3, 0.4) is 0 Å². The lowest BCUT2D eigenvalue weighted by Gasteiger charge is -2.52. The number of phenolic OH excluding ortho intramolecular Hbond substituents is 1. The third kappa shape index (κ3) is 3.99. The van der Waals surface area contributed by atoms with E-state index < -0.39 is 64.4 Å². The van der Waals surface area contributed by atoms with Crippen LogP contribution in [0.5, 0.6) is 5.75 Å². The number of carbonyl (C=O) groups is 5. The highest BCUT2D eigenvalue weighted by Gasteiger charge is 2.69. The van der Waals surface area contributed by atoms with Crippen LogP contribution in [0.25, 0.3) is 0 Å². The first kappa shape index (κ1) is 27.4. The second-order valence-corrected chi connectivity index (χ2v) is 11.5. The SMILES string of the molecule is CCc1cc(CN2CC=CCC2)c(O)c2c1C[C@H]1C[C@H]3[C@H](N(C)C)C(=O)C(C(N)=O)C(=O)[C@@]3(O)C(=O)C1C2=O. The van der Waals surface area contributed by atoms with Gasteiger partial charge in [-0.25, -0.2) is 0 Å². The summed E-state index contributed by atoms with van der Waals surface area (Å²) >= 11 is 0. The molecule has 10 heteroatoms. The Morgan fingerprint density at radius 3 is 2.46 bits per heavy atom. The fourth-order valence-corrected chi connectivity index (χ4v) is 7.32. The van der Waals surface area contributed by atoms with Gasteiger partial charge in [0.2, 0.25) is 5.91 Å². The van der Waals surface area contributed by atoms with Crippen molar-refractivity contribution >= 4 is 29.0 Å². The average molecular weight is 538 g/mol. The molecule has 2 unspecified atom stereocenters. The van der Waals surface area contributed by atoms with Crippen molar-refractivity contribution in [3.8, 4) is 5.75 Å². The number of hydrogen-bond donors (Lipinski definition) is 3. The molecule has 1 aromatic rings. The number of hydrogen-bond acceptors (Lipinski definition) is 9. The maximum atomic E-state index is 14.0. The van der Waals surface area contributed by atoms with Gasteiger partial charge in [0, 0.05) is 31.1 Å². The number of phenols is 1. The van der Waals surface area contributed by atoms with Crippen LogP contribution in [0.2, 0.25) is 0 Å². The summed E-state index contributed by atoms with van der Waals surface area (Å²) in [5, 5.41) is 23.0. The van der Waals surface area contributed by atoms with Gasteiger partial charge in [-0.3, -0.25) is 33.8 Å². The van der Waals surface area contributed by atoms with E-state index in [4.69, 9.17) is 5.73 Å². The summed E-state index contributed by atoms with van der Waals surface area (Å²) in [4.78, 5) is 70.4. The number of Topliss-reactive ketones (excluding diaryl/α,β-unsaturated/α-hetero) is 4. The molecule has 208 valence electrons. The summed E-state index contributed by atoms with van der Waals surface area (Å²) in [6.07, 6.45) is 5.99. The number of carbonyl (C=O) groups excluding carboxylic acids is 5. The fraction of sp³-hybridized carbons (Fsp3) is 0.552. The van der Waals surface area contributed by atoms with E-state index in [1.807, 2.05) is 13.0 Å². The number of ketones is 4. The number of rotatable bonds is 5. The molecule has 39 heavy (non-hydrogen) atoms. The van der Waals surface area contributed by atoms with Crippen LogP contribution >= 0.6 is 0 Å². The van der Waals surface area contributed by atoms with Crippen LogP contribution in [0.1, 0.15) is 46.8 Å². The maximum absolute atomic E-state index is 14.0. The van der Waals surface area contributed by atoms with Gasteiger partial charge in [0.05, 0.1) is 17.5 Å². The van der Waals surface area contributed by atoms with Gasteiger partial charge in [0.15, 0.2) is 34.7 Å². The molecular formula is C29H35N3O7. The van der Waals surface area contributed by atoms with E-state index in [0.717, 1.165) is 25.1 Å². The molecule has 1 aromatic carbocycles. The van der Waals surface area contributed by atoms with Crippen LogP contribution in [-0.4, -0.2) is 87.9 Å². The number of nitrogens with zero attached hydrogens (tertiary/aromatic N) is 2. The molecule has 0 radical (unpaired) electrons. The van der Waals surface area contributed by atoms with E-state index in [2.05, 4.69) is 17.1 Å². The number of amides is 1. The summed E-state index contributed by atoms with van der Waals surface area (Å²) in [7, 11) is 3.14. The summed E-state index contributed by atoms with van der Waals surface area (Å²) in [5.41, 5.74) is 4.90. The molecule has 4 N–H and O–H groups in total. The van der Waals surface area contributed by atoms with Gasteiger partial charge in [-0.05, 0) is 56.8 Å². The Labute approximate surface area is 226 Å². The van der Waals surface area contributed by atoms with Crippen LogP contribution in [0, 0.1) is 23.7 Å². The molecule has 1 amide bonds. The minimum Gasteiger partial charge on any atom is -0.507 e. The van der Waals surface area contributed by atoms with Gasteiger partial charge in [0.25, 0.3) is 0 Å². The first-order valence-corrected chi connectivity index (χ1v) is 13.5. The summed E-state index contributed by atoms with van der Waals surface area (Å²) in [6.45, 7) is 3.93. The Bertz CT molecular complexity index is 1320. The first-order valence-electron chi connectivity index (χ1n) is 13.5. The van der Waals surface area contributed by atoms with Gasteiger partial charge in [-0.2, -0.15) is 0 Å². The van der Waals surface area contributed by atoms with Crippen molar-refractivity contribution in [2.24, 2.45) is 29.4 Å². The standard InChI is InChI=1S/C29H35N3O7/c1-4-14-10-16(13-32-8-6-5-7-9-32)23(33)20-17(14)11-15-12-18-22(31(2)3)25(35)21(28(30)38)27(37)29(18,39)26(36)19(15)24(20)34/h5-6,10,15,18-19,21-22,33,39H,4,7-9,11-13H2,1-3H3,(H2,30,38)/t15-,18-,19?,21?,22-,29-/m0/s1. The summed E-state index contributed by atoms with van der Waals surface area (Å²) < 4.78 is 0. The number of aryl methyl sites for hydroxylation is 1. The minimum absolute atomic E-state index is 0.0513. The third-order valence-corrected chi connectivity index (χ3v) is 9.15. The predicted molar refractivity (Wildman–Crippen MR) is 140 cm³/mol. The highest BCUT2D eigenvalue weighted by molar-refractivity contribution is 6.32. The molecule has 5 rings (SSSR count). The van der Waals surface area contributed by atoms with Crippen LogP contribution in [0.15, 0.2) is 18.2 Å². The third-order valence-electron chi connectivity index (χ3n) is 9.15.